The maximum Gasteiger partial charge on any atom is 0.246 e. The molecule has 98 valence electrons. The number of ether oxygens (including phenoxy) is 2. The van der Waals surface area contributed by atoms with Crippen LogP contribution in [-0.4, -0.2) is 20.1 Å². The second-order valence-electron chi connectivity index (χ2n) is 4.21. The first kappa shape index (κ1) is 12.7. The Labute approximate surface area is 106 Å². The van der Waals surface area contributed by atoms with Gasteiger partial charge in [-0.1, -0.05) is 0 Å². The minimum absolute atomic E-state index is 0.0446. The molecule has 1 aliphatic rings. The Morgan fingerprint density at radius 2 is 2.11 bits per heavy atom. The minimum atomic E-state index is -0.0446. The normalized spacial score (nSPS) is 14.1. The number of benzene rings is 1. The van der Waals surface area contributed by atoms with Gasteiger partial charge in [0, 0.05) is 11.5 Å². The number of hydroxylamine groups is 1. The van der Waals surface area contributed by atoms with Gasteiger partial charge in [-0.25, -0.2) is 5.48 Å². The topological polar surface area (TPSA) is 56.8 Å². The lowest BCUT2D eigenvalue weighted by Gasteiger charge is -2.11. The molecule has 1 saturated carbocycles. The Bertz CT molecular complexity index is 429. The molecule has 0 heterocycles. The summed E-state index contributed by atoms with van der Waals surface area (Å²) < 4.78 is 10.3. The number of nitrogens with one attached hydrogen (secondary N) is 1. The van der Waals surface area contributed by atoms with Gasteiger partial charge in [-0.15, -0.1) is 0 Å². The van der Waals surface area contributed by atoms with E-state index in [4.69, 9.17) is 14.3 Å². The molecule has 2 rings (SSSR count). The molecule has 0 bridgehead atoms. The van der Waals surface area contributed by atoms with E-state index in [1.807, 2.05) is 12.1 Å². The van der Waals surface area contributed by atoms with Gasteiger partial charge in [-0.2, -0.15) is 0 Å². The summed E-state index contributed by atoms with van der Waals surface area (Å²) in [6, 6.07) is 5.44. The molecular formula is C13H17NO4. The van der Waals surface area contributed by atoms with Crippen LogP contribution in [0.5, 0.6) is 11.5 Å². The second kappa shape index (κ2) is 5.73. The van der Waals surface area contributed by atoms with E-state index in [-0.39, 0.29) is 18.4 Å². The van der Waals surface area contributed by atoms with E-state index in [0.29, 0.717) is 5.75 Å². The molecule has 0 radical (unpaired) electrons. The third kappa shape index (κ3) is 3.13. The van der Waals surface area contributed by atoms with Crippen LogP contribution in [-0.2, 0) is 16.2 Å². The lowest BCUT2D eigenvalue weighted by atomic mass is 10.2. The van der Waals surface area contributed by atoms with Crippen LogP contribution in [0.1, 0.15) is 18.4 Å². The van der Waals surface area contributed by atoms with Crippen molar-refractivity contribution in [2.75, 3.05) is 14.2 Å². The van der Waals surface area contributed by atoms with Gasteiger partial charge in [0.05, 0.1) is 14.2 Å². The van der Waals surface area contributed by atoms with Crippen LogP contribution in [0.4, 0.5) is 0 Å². The van der Waals surface area contributed by atoms with Crippen LogP contribution >= 0.6 is 0 Å². The fraction of sp³-hybridized carbons (Fsp3) is 0.462. The third-order valence-corrected chi connectivity index (χ3v) is 2.84. The van der Waals surface area contributed by atoms with Crippen molar-refractivity contribution in [3.8, 4) is 11.5 Å². The van der Waals surface area contributed by atoms with Crippen molar-refractivity contribution >= 4 is 5.91 Å². The largest absolute Gasteiger partial charge is 0.497 e. The van der Waals surface area contributed by atoms with Crippen LogP contribution in [0.25, 0.3) is 0 Å². The Morgan fingerprint density at radius 1 is 1.33 bits per heavy atom. The van der Waals surface area contributed by atoms with Crippen LogP contribution in [0.2, 0.25) is 0 Å². The summed E-state index contributed by atoms with van der Waals surface area (Å²) in [7, 11) is 3.19. The number of carbonyl (C=O) groups is 1. The highest BCUT2D eigenvalue weighted by Gasteiger charge is 2.29. The van der Waals surface area contributed by atoms with E-state index < -0.39 is 0 Å². The maximum atomic E-state index is 11.4. The summed E-state index contributed by atoms with van der Waals surface area (Å²) in [5.41, 5.74) is 3.27. The summed E-state index contributed by atoms with van der Waals surface area (Å²) in [5.74, 6) is 1.52. The van der Waals surface area contributed by atoms with Crippen LogP contribution in [0, 0.1) is 5.92 Å². The van der Waals surface area contributed by atoms with Crippen molar-refractivity contribution < 1.29 is 19.1 Å². The first-order chi connectivity index (χ1) is 8.74. The highest BCUT2D eigenvalue weighted by Crippen LogP contribution is 2.29. The van der Waals surface area contributed by atoms with Crippen molar-refractivity contribution in [2.45, 2.75) is 19.4 Å². The SMILES string of the molecule is COc1ccc(OC)c(CONC(=O)C2CC2)c1. The van der Waals surface area contributed by atoms with Gasteiger partial charge in [0.2, 0.25) is 5.91 Å². The fourth-order valence-corrected chi connectivity index (χ4v) is 1.61. The van der Waals surface area contributed by atoms with Gasteiger partial charge in [0.25, 0.3) is 0 Å². The Morgan fingerprint density at radius 3 is 2.72 bits per heavy atom. The molecular weight excluding hydrogens is 234 g/mol. The lowest BCUT2D eigenvalue weighted by Crippen LogP contribution is -2.24. The van der Waals surface area contributed by atoms with Crippen molar-refractivity contribution in [1.82, 2.24) is 5.48 Å². The third-order valence-electron chi connectivity index (χ3n) is 2.84. The van der Waals surface area contributed by atoms with Gasteiger partial charge in [0.15, 0.2) is 0 Å². The Kier molecular flexibility index (Phi) is 4.04. The molecule has 0 aliphatic heterocycles. The quantitative estimate of drug-likeness (QED) is 0.781. The molecule has 1 aromatic rings. The molecule has 1 fully saturated rings. The molecule has 0 spiro atoms. The van der Waals surface area contributed by atoms with Gasteiger partial charge in [0.1, 0.15) is 18.1 Å². The van der Waals surface area contributed by atoms with Crippen LogP contribution in [0.15, 0.2) is 18.2 Å². The molecule has 0 atom stereocenters. The van der Waals surface area contributed by atoms with Gasteiger partial charge in [-0.3, -0.25) is 9.63 Å². The number of carbonyl (C=O) groups excluding carboxylic acids is 1. The first-order valence-corrected chi connectivity index (χ1v) is 5.87. The summed E-state index contributed by atoms with van der Waals surface area (Å²) in [5, 5.41) is 0. The second-order valence-corrected chi connectivity index (χ2v) is 4.21. The number of amides is 1. The van der Waals surface area contributed by atoms with Gasteiger partial charge >= 0.3 is 0 Å². The molecule has 1 aliphatic carbocycles. The zero-order valence-electron chi connectivity index (χ0n) is 10.6. The van der Waals surface area contributed by atoms with Crippen LogP contribution < -0.4 is 15.0 Å². The standard InChI is InChI=1S/C13H17NO4/c1-16-11-5-6-12(17-2)10(7-11)8-18-14-13(15)9-3-4-9/h5-7,9H,3-4,8H2,1-2H3,(H,14,15). The van der Waals surface area contributed by atoms with E-state index >= 15 is 0 Å². The van der Waals surface area contributed by atoms with E-state index in [1.165, 1.54) is 0 Å². The molecule has 0 aromatic heterocycles. The van der Waals surface area contributed by atoms with Crippen molar-refractivity contribution in [1.29, 1.82) is 0 Å². The molecule has 5 nitrogen and oxygen atoms in total. The van der Waals surface area contributed by atoms with E-state index in [0.717, 1.165) is 24.2 Å². The lowest BCUT2D eigenvalue weighted by molar-refractivity contribution is -0.135. The fourth-order valence-electron chi connectivity index (χ4n) is 1.61. The monoisotopic (exact) mass is 251 g/mol. The molecule has 18 heavy (non-hydrogen) atoms. The number of methoxy groups -OCH3 is 2. The molecule has 5 heteroatoms. The van der Waals surface area contributed by atoms with E-state index in [9.17, 15) is 4.79 Å². The maximum absolute atomic E-state index is 11.4. The van der Waals surface area contributed by atoms with Crippen LogP contribution in [0.3, 0.4) is 0 Å². The zero-order chi connectivity index (χ0) is 13.0. The average Bonchev–Trinajstić information content (AvgIpc) is 3.22. The summed E-state index contributed by atoms with van der Waals surface area (Å²) in [4.78, 5) is 16.6. The van der Waals surface area contributed by atoms with E-state index in [2.05, 4.69) is 5.48 Å². The predicted molar refractivity (Wildman–Crippen MR) is 65.2 cm³/mol. The molecule has 1 amide bonds. The Hall–Kier alpha value is -1.75. The number of hydrogen-bond donors (Lipinski definition) is 1. The molecule has 0 saturated heterocycles. The number of hydrogen-bond acceptors (Lipinski definition) is 4. The summed E-state index contributed by atoms with van der Waals surface area (Å²) in [6.07, 6.45) is 1.91. The summed E-state index contributed by atoms with van der Waals surface area (Å²) in [6.45, 7) is 0.249. The predicted octanol–water partition coefficient (Wildman–Crippen LogP) is 1.66. The smallest absolute Gasteiger partial charge is 0.246 e. The summed E-state index contributed by atoms with van der Waals surface area (Å²) >= 11 is 0. The van der Waals surface area contributed by atoms with E-state index in [1.54, 1.807) is 20.3 Å². The highest BCUT2D eigenvalue weighted by atomic mass is 16.7. The Balaban J connectivity index is 1.91. The zero-order valence-corrected chi connectivity index (χ0v) is 10.6. The first-order valence-electron chi connectivity index (χ1n) is 5.87. The minimum Gasteiger partial charge on any atom is -0.497 e. The molecule has 1 N–H and O–H groups in total. The van der Waals surface area contributed by atoms with Crippen molar-refractivity contribution in [2.24, 2.45) is 5.92 Å². The highest BCUT2D eigenvalue weighted by molar-refractivity contribution is 5.79. The molecule has 1 aromatic carbocycles. The van der Waals surface area contributed by atoms with Gasteiger partial charge < -0.3 is 9.47 Å². The molecule has 0 unspecified atom stereocenters. The van der Waals surface area contributed by atoms with Crippen molar-refractivity contribution in [3.05, 3.63) is 23.8 Å². The number of rotatable bonds is 6. The average molecular weight is 251 g/mol. The van der Waals surface area contributed by atoms with Gasteiger partial charge in [-0.05, 0) is 31.0 Å². The van der Waals surface area contributed by atoms with Crippen molar-refractivity contribution in [3.63, 3.8) is 0 Å².